The van der Waals surface area contributed by atoms with Crippen LogP contribution < -0.4 is 11.1 Å². The summed E-state index contributed by atoms with van der Waals surface area (Å²) >= 11 is 0. The lowest BCUT2D eigenvalue weighted by atomic mass is 10.1. The van der Waals surface area contributed by atoms with E-state index >= 15 is 0 Å². The highest BCUT2D eigenvalue weighted by atomic mass is 16.1. The SMILES string of the molecule is NCCCCCCC(=O)Nc1nc2ccccc2[nH]1. The Kier molecular flexibility index (Phi) is 4.92. The molecule has 0 spiro atoms. The Bertz CT molecular complexity index is 502. The first-order valence-corrected chi connectivity index (χ1v) is 6.74. The van der Waals surface area contributed by atoms with Gasteiger partial charge < -0.3 is 10.7 Å². The van der Waals surface area contributed by atoms with E-state index in [9.17, 15) is 4.79 Å². The Morgan fingerprint density at radius 1 is 1.21 bits per heavy atom. The van der Waals surface area contributed by atoms with Crippen LogP contribution >= 0.6 is 0 Å². The van der Waals surface area contributed by atoms with E-state index in [0.717, 1.165) is 43.3 Å². The van der Waals surface area contributed by atoms with Gasteiger partial charge in [0.05, 0.1) is 11.0 Å². The van der Waals surface area contributed by atoms with Crippen molar-refractivity contribution >= 4 is 22.9 Å². The zero-order valence-electron chi connectivity index (χ0n) is 11.0. The summed E-state index contributed by atoms with van der Waals surface area (Å²) in [5.41, 5.74) is 7.21. The van der Waals surface area contributed by atoms with Crippen LogP contribution in [-0.2, 0) is 4.79 Å². The van der Waals surface area contributed by atoms with Crippen molar-refractivity contribution in [2.75, 3.05) is 11.9 Å². The number of benzene rings is 1. The third-order valence-electron chi connectivity index (χ3n) is 3.01. The minimum Gasteiger partial charge on any atom is -0.330 e. The monoisotopic (exact) mass is 260 g/mol. The van der Waals surface area contributed by atoms with Gasteiger partial charge in [-0.05, 0) is 31.5 Å². The Morgan fingerprint density at radius 3 is 2.79 bits per heavy atom. The number of aromatic nitrogens is 2. The highest BCUT2D eigenvalue weighted by Gasteiger charge is 2.06. The number of aromatic amines is 1. The van der Waals surface area contributed by atoms with Crippen LogP contribution in [0.1, 0.15) is 32.1 Å². The second-order valence-corrected chi connectivity index (χ2v) is 4.60. The number of H-pyrrole nitrogens is 1. The number of carbonyl (C=O) groups excluding carboxylic acids is 1. The van der Waals surface area contributed by atoms with Crippen LogP contribution in [0.2, 0.25) is 0 Å². The Hall–Kier alpha value is -1.88. The molecule has 0 saturated heterocycles. The van der Waals surface area contributed by atoms with E-state index in [1.54, 1.807) is 0 Å². The average molecular weight is 260 g/mol. The van der Waals surface area contributed by atoms with Crippen LogP contribution in [0.3, 0.4) is 0 Å². The molecule has 0 fully saturated rings. The topological polar surface area (TPSA) is 83.8 Å². The lowest BCUT2D eigenvalue weighted by Crippen LogP contribution is -2.12. The predicted octanol–water partition coefficient (Wildman–Crippen LogP) is 2.41. The van der Waals surface area contributed by atoms with Gasteiger partial charge in [0.2, 0.25) is 11.9 Å². The molecule has 1 amide bonds. The van der Waals surface area contributed by atoms with Gasteiger partial charge in [-0.3, -0.25) is 10.1 Å². The molecular weight excluding hydrogens is 240 g/mol. The van der Waals surface area contributed by atoms with Crippen molar-refractivity contribution in [2.45, 2.75) is 32.1 Å². The first-order valence-electron chi connectivity index (χ1n) is 6.74. The third-order valence-corrected chi connectivity index (χ3v) is 3.01. The van der Waals surface area contributed by atoms with Crippen molar-refractivity contribution in [2.24, 2.45) is 5.73 Å². The molecule has 0 unspecified atom stereocenters. The smallest absolute Gasteiger partial charge is 0.226 e. The largest absolute Gasteiger partial charge is 0.330 e. The fourth-order valence-corrected chi connectivity index (χ4v) is 1.99. The highest BCUT2D eigenvalue weighted by molar-refractivity contribution is 5.90. The third kappa shape index (κ3) is 4.06. The van der Waals surface area contributed by atoms with Gasteiger partial charge in [0.25, 0.3) is 0 Å². The number of nitrogens with zero attached hydrogens (tertiary/aromatic N) is 1. The van der Waals surface area contributed by atoms with E-state index in [2.05, 4.69) is 15.3 Å². The molecule has 1 aromatic carbocycles. The molecule has 102 valence electrons. The number of hydrogen-bond acceptors (Lipinski definition) is 3. The first kappa shape index (κ1) is 13.5. The van der Waals surface area contributed by atoms with E-state index in [4.69, 9.17) is 5.73 Å². The number of amides is 1. The lowest BCUT2D eigenvalue weighted by molar-refractivity contribution is -0.116. The maximum Gasteiger partial charge on any atom is 0.226 e. The van der Waals surface area contributed by atoms with Crippen LogP contribution in [0.4, 0.5) is 5.95 Å². The highest BCUT2D eigenvalue weighted by Crippen LogP contribution is 2.13. The number of para-hydroxylation sites is 2. The Balaban J connectivity index is 1.78. The molecule has 0 saturated carbocycles. The number of fused-ring (bicyclic) bond motifs is 1. The number of anilines is 1. The standard InChI is InChI=1S/C14H20N4O/c15-10-6-2-1-3-9-13(19)18-14-16-11-7-4-5-8-12(11)17-14/h4-5,7-8H,1-3,6,9-10,15H2,(H2,16,17,18,19). The van der Waals surface area contributed by atoms with Crippen LogP contribution in [0.25, 0.3) is 11.0 Å². The number of nitrogens with one attached hydrogen (secondary N) is 2. The summed E-state index contributed by atoms with van der Waals surface area (Å²) < 4.78 is 0. The summed E-state index contributed by atoms with van der Waals surface area (Å²) in [5.74, 6) is 0.528. The molecule has 0 aliphatic rings. The number of rotatable bonds is 7. The van der Waals surface area contributed by atoms with E-state index in [0.29, 0.717) is 12.4 Å². The second kappa shape index (κ2) is 6.89. The molecule has 0 aliphatic heterocycles. The van der Waals surface area contributed by atoms with Crippen LogP contribution in [0, 0.1) is 0 Å². The summed E-state index contributed by atoms with van der Waals surface area (Å²) in [6.45, 7) is 0.727. The first-order chi connectivity index (χ1) is 9.29. The van der Waals surface area contributed by atoms with Gasteiger partial charge in [0.1, 0.15) is 0 Å². The summed E-state index contributed by atoms with van der Waals surface area (Å²) in [6, 6.07) is 7.70. The maximum atomic E-state index is 11.7. The van der Waals surface area contributed by atoms with Crippen molar-refractivity contribution in [1.82, 2.24) is 9.97 Å². The molecule has 4 N–H and O–H groups in total. The molecule has 1 aromatic heterocycles. The Labute approximate surface area is 112 Å². The number of imidazole rings is 1. The van der Waals surface area contributed by atoms with Gasteiger partial charge in [-0.2, -0.15) is 0 Å². The molecule has 2 aromatic rings. The van der Waals surface area contributed by atoms with Crippen LogP contribution in [-0.4, -0.2) is 22.4 Å². The zero-order chi connectivity index (χ0) is 13.5. The van der Waals surface area contributed by atoms with Gasteiger partial charge in [0.15, 0.2) is 0 Å². The normalized spacial score (nSPS) is 10.8. The molecule has 19 heavy (non-hydrogen) atoms. The summed E-state index contributed by atoms with van der Waals surface area (Å²) in [7, 11) is 0. The predicted molar refractivity (Wildman–Crippen MR) is 76.9 cm³/mol. The number of nitrogens with two attached hydrogens (primary N) is 1. The molecular formula is C14H20N4O. The average Bonchev–Trinajstić information content (AvgIpc) is 2.80. The number of carbonyl (C=O) groups is 1. The minimum atomic E-state index is 0.00630. The van der Waals surface area contributed by atoms with Crippen LogP contribution in [0.15, 0.2) is 24.3 Å². The maximum absolute atomic E-state index is 11.7. The molecule has 0 aliphatic carbocycles. The van der Waals surface area contributed by atoms with Crippen molar-refractivity contribution in [3.05, 3.63) is 24.3 Å². The number of unbranched alkanes of at least 4 members (excludes halogenated alkanes) is 3. The van der Waals surface area contributed by atoms with Gasteiger partial charge >= 0.3 is 0 Å². The summed E-state index contributed by atoms with van der Waals surface area (Å²) in [6.07, 6.45) is 4.60. The summed E-state index contributed by atoms with van der Waals surface area (Å²) in [5, 5.41) is 2.79. The fourth-order valence-electron chi connectivity index (χ4n) is 1.99. The summed E-state index contributed by atoms with van der Waals surface area (Å²) in [4.78, 5) is 19.1. The molecule has 5 nitrogen and oxygen atoms in total. The van der Waals surface area contributed by atoms with E-state index in [1.807, 2.05) is 24.3 Å². The zero-order valence-corrected chi connectivity index (χ0v) is 11.0. The van der Waals surface area contributed by atoms with E-state index < -0.39 is 0 Å². The van der Waals surface area contributed by atoms with Crippen molar-refractivity contribution in [1.29, 1.82) is 0 Å². The van der Waals surface area contributed by atoms with E-state index in [1.165, 1.54) is 0 Å². The van der Waals surface area contributed by atoms with Gasteiger partial charge in [-0.1, -0.05) is 25.0 Å². The van der Waals surface area contributed by atoms with Crippen LogP contribution in [0.5, 0.6) is 0 Å². The lowest BCUT2D eigenvalue weighted by Gasteiger charge is -2.01. The van der Waals surface area contributed by atoms with Crippen molar-refractivity contribution in [3.8, 4) is 0 Å². The van der Waals surface area contributed by atoms with Gasteiger partial charge in [0, 0.05) is 6.42 Å². The van der Waals surface area contributed by atoms with Crippen molar-refractivity contribution in [3.63, 3.8) is 0 Å². The molecule has 2 rings (SSSR count). The van der Waals surface area contributed by atoms with E-state index in [-0.39, 0.29) is 5.91 Å². The minimum absolute atomic E-state index is 0.00630. The Morgan fingerprint density at radius 2 is 2.00 bits per heavy atom. The molecule has 5 heteroatoms. The second-order valence-electron chi connectivity index (χ2n) is 4.60. The molecule has 0 atom stereocenters. The van der Waals surface area contributed by atoms with Gasteiger partial charge in [-0.25, -0.2) is 4.98 Å². The molecule has 1 heterocycles. The van der Waals surface area contributed by atoms with Gasteiger partial charge in [-0.15, -0.1) is 0 Å². The van der Waals surface area contributed by atoms with Crippen molar-refractivity contribution < 1.29 is 4.79 Å². The molecule has 0 bridgehead atoms. The quantitative estimate of drug-likeness (QED) is 0.668. The number of hydrogen-bond donors (Lipinski definition) is 3. The molecule has 0 radical (unpaired) electrons. The fraction of sp³-hybridized carbons (Fsp3) is 0.429.